The predicted molar refractivity (Wildman–Crippen MR) is 68.1 cm³/mol. The molecule has 0 spiro atoms. The molecule has 0 saturated heterocycles. The van der Waals surface area contributed by atoms with Crippen LogP contribution in [0.1, 0.15) is 36.9 Å². The zero-order chi connectivity index (χ0) is 11.1. The standard InChI is InChI=1S/C14H14ClN/c1-2-9-4-3-5-11-12(15)8-13(10-6-7-10)16-14(9)11/h3-5,8,10H,2,6-7H2,1H3. The van der Waals surface area contributed by atoms with Gasteiger partial charge in [0.05, 0.1) is 10.5 Å². The van der Waals surface area contributed by atoms with Gasteiger partial charge in [-0.2, -0.15) is 0 Å². The van der Waals surface area contributed by atoms with Gasteiger partial charge < -0.3 is 0 Å². The molecule has 0 bridgehead atoms. The Morgan fingerprint density at radius 1 is 1.38 bits per heavy atom. The van der Waals surface area contributed by atoms with Crippen LogP contribution in [0.25, 0.3) is 10.9 Å². The highest BCUT2D eigenvalue weighted by Crippen LogP contribution is 2.41. The van der Waals surface area contributed by atoms with Gasteiger partial charge in [-0.05, 0) is 30.9 Å². The van der Waals surface area contributed by atoms with Crippen LogP contribution in [0.15, 0.2) is 24.3 Å². The summed E-state index contributed by atoms with van der Waals surface area (Å²) >= 11 is 6.32. The van der Waals surface area contributed by atoms with Gasteiger partial charge in [0.2, 0.25) is 0 Å². The maximum Gasteiger partial charge on any atom is 0.0752 e. The molecule has 0 aliphatic heterocycles. The third-order valence-corrected chi connectivity index (χ3v) is 3.58. The molecule has 1 aliphatic carbocycles. The number of aryl methyl sites for hydroxylation is 1. The lowest BCUT2D eigenvalue weighted by Gasteiger charge is -2.07. The van der Waals surface area contributed by atoms with Crippen molar-refractivity contribution in [2.45, 2.75) is 32.1 Å². The predicted octanol–water partition coefficient (Wildman–Crippen LogP) is 4.33. The Kier molecular flexibility index (Phi) is 2.36. The minimum absolute atomic E-state index is 0.659. The summed E-state index contributed by atoms with van der Waals surface area (Å²) in [5, 5.41) is 1.94. The van der Waals surface area contributed by atoms with Crippen molar-refractivity contribution in [1.82, 2.24) is 4.98 Å². The van der Waals surface area contributed by atoms with Crippen molar-refractivity contribution in [2.75, 3.05) is 0 Å². The summed E-state index contributed by atoms with van der Waals surface area (Å²) in [7, 11) is 0. The van der Waals surface area contributed by atoms with Crippen LogP contribution in [0.2, 0.25) is 5.02 Å². The molecule has 1 saturated carbocycles. The van der Waals surface area contributed by atoms with Crippen LogP contribution in [0.4, 0.5) is 0 Å². The van der Waals surface area contributed by atoms with Gasteiger partial charge in [0.15, 0.2) is 0 Å². The Labute approximate surface area is 100 Å². The lowest BCUT2D eigenvalue weighted by atomic mass is 10.1. The quantitative estimate of drug-likeness (QED) is 0.750. The molecule has 0 N–H and O–H groups in total. The molecule has 0 radical (unpaired) electrons. The zero-order valence-corrected chi connectivity index (χ0v) is 10.1. The second-order valence-electron chi connectivity index (χ2n) is 4.47. The summed E-state index contributed by atoms with van der Waals surface area (Å²) < 4.78 is 0. The van der Waals surface area contributed by atoms with Gasteiger partial charge in [0.25, 0.3) is 0 Å². The van der Waals surface area contributed by atoms with Gasteiger partial charge >= 0.3 is 0 Å². The average Bonchev–Trinajstić information content (AvgIpc) is 3.12. The molecule has 1 aromatic heterocycles. The van der Waals surface area contributed by atoms with E-state index in [-0.39, 0.29) is 0 Å². The SMILES string of the molecule is CCc1cccc2c(Cl)cc(C3CC3)nc12. The number of hydrogen-bond acceptors (Lipinski definition) is 1. The van der Waals surface area contributed by atoms with Crippen molar-refractivity contribution in [1.29, 1.82) is 0 Å². The van der Waals surface area contributed by atoms with E-state index in [0.717, 1.165) is 22.3 Å². The van der Waals surface area contributed by atoms with Gasteiger partial charge in [-0.25, -0.2) is 0 Å². The zero-order valence-electron chi connectivity index (χ0n) is 9.33. The third-order valence-electron chi connectivity index (χ3n) is 3.27. The van der Waals surface area contributed by atoms with E-state index in [1.54, 1.807) is 0 Å². The molecule has 0 amide bonds. The van der Waals surface area contributed by atoms with Crippen LogP contribution >= 0.6 is 11.6 Å². The van der Waals surface area contributed by atoms with E-state index in [1.807, 2.05) is 6.07 Å². The van der Waals surface area contributed by atoms with Crippen LogP contribution in [0, 0.1) is 0 Å². The number of halogens is 1. The van der Waals surface area contributed by atoms with E-state index >= 15 is 0 Å². The molecule has 3 rings (SSSR count). The minimum Gasteiger partial charge on any atom is -0.252 e. The average molecular weight is 232 g/mol. The smallest absolute Gasteiger partial charge is 0.0752 e. The summed E-state index contributed by atoms with van der Waals surface area (Å²) in [5.41, 5.74) is 3.57. The first-order valence-corrected chi connectivity index (χ1v) is 6.25. The van der Waals surface area contributed by atoms with Crippen LogP contribution in [-0.4, -0.2) is 4.98 Å². The molecule has 2 heteroatoms. The fourth-order valence-electron chi connectivity index (χ4n) is 2.16. The highest BCUT2D eigenvalue weighted by atomic mass is 35.5. The Bertz CT molecular complexity index is 544. The number of nitrogens with zero attached hydrogens (tertiary/aromatic N) is 1. The number of aromatic nitrogens is 1. The first kappa shape index (κ1) is 10.1. The maximum absolute atomic E-state index is 6.32. The highest BCUT2D eigenvalue weighted by molar-refractivity contribution is 6.35. The van der Waals surface area contributed by atoms with E-state index in [9.17, 15) is 0 Å². The summed E-state index contributed by atoms with van der Waals surface area (Å²) in [5.74, 6) is 0.659. The monoisotopic (exact) mass is 231 g/mol. The molecule has 0 atom stereocenters. The third kappa shape index (κ3) is 1.60. The van der Waals surface area contributed by atoms with E-state index in [1.165, 1.54) is 24.1 Å². The number of hydrogen-bond donors (Lipinski definition) is 0. The van der Waals surface area contributed by atoms with E-state index in [4.69, 9.17) is 16.6 Å². The molecule has 2 aromatic rings. The second kappa shape index (κ2) is 3.74. The van der Waals surface area contributed by atoms with Crippen molar-refractivity contribution >= 4 is 22.5 Å². The summed E-state index contributed by atoms with van der Waals surface area (Å²) in [4.78, 5) is 4.78. The van der Waals surface area contributed by atoms with E-state index < -0.39 is 0 Å². The fourth-order valence-corrected chi connectivity index (χ4v) is 2.42. The second-order valence-corrected chi connectivity index (χ2v) is 4.88. The van der Waals surface area contributed by atoms with Crippen molar-refractivity contribution < 1.29 is 0 Å². The minimum atomic E-state index is 0.659. The first-order valence-electron chi connectivity index (χ1n) is 5.87. The Balaban J connectivity index is 2.29. The van der Waals surface area contributed by atoms with Crippen molar-refractivity contribution in [3.63, 3.8) is 0 Å². The van der Waals surface area contributed by atoms with Gasteiger partial charge in [0.1, 0.15) is 0 Å². The summed E-state index contributed by atoms with van der Waals surface area (Å²) in [6.45, 7) is 2.16. The molecule has 1 nitrogen and oxygen atoms in total. The largest absolute Gasteiger partial charge is 0.252 e. The molecular weight excluding hydrogens is 218 g/mol. The lowest BCUT2D eigenvalue weighted by Crippen LogP contribution is -1.92. The number of fused-ring (bicyclic) bond motifs is 1. The summed E-state index contributed by atoms with van der Waals surface area (Å²) in [6, 6.07) is 8.30. The first-order chi connectivity index (χ1) is 7.79. The highest BCUT2D eigenvalue weighted by Gasteiger charge is 2.25. The topological polar surface area (TPSA) is 12.9 Å². The molecule has 1 heterocycles. The van der Waals surface area contributed by atoms with Gasteiger partial charge in [0, 0.05) is 17.0 Å². The molecule has 1 fully saturated rings. The maximum atomic E-state index is 6.32. The molecular formula is C14H14ClN. The Hall–Kier alpha value is -1.08. The van der Waals surface area contributed by atoms with Crippen molar-refractivity contribution in [3.05, 3.63) is 40.5 Å². The normalized spacial score (nSPS) is 15.6. The molecule has 0 unspecified atom stereocenters. The van der Waals surface area contributed by atoms with Crippen molar-refractivity contribution in [3.8, 4) is 0 Å². The molecule has 1 aliphatic rings. The Morgan fingerprint density at radius 2 is 2.19 bits per heavy atom. The fraction of sp³-hybridized carbons (Fsp3) is 0.357. The van der Waals surface area contributed by atoms with Crippen molar-refractivity contribution in [2.24, 2.45) is 0 Å². The van der Waals surface area contributed by atoms with Gasteiger partial charge in [-0.3, -0.25) is 4.98 Å². The number of rotatable bonds is 2. The van der Waals surface area contributed by atoms with Crippen LogP contribution in [0.3, 0.4) is 0 Å². The molecule has 16 heavy (non-hydrogen) atoms. The van der Waals surface area contributed by atoms with Gasteiger partial charge in [-0.1, -0.05) is 36.7 Å². The van der Waals surface area contributed by atoms with Crippen LogP contribution < -0.4 is 0 Å². The van der Waals surface area contributed by atoms with E-state index in [0.29, 0.717) is 5.92 Å². The van der Waals surface area contributed by atoms with Crippen LogP contribution in [-0.2, 0) is 6.42 Å². The van der Waals surface area contributed by atoms with Gasteiger partial charge in [-0.15, -0.1) is 0 Å². The number of pyridine rings is 1. The van der Waals surface area contributed by atoms with E-state index in [2.05, 4.69) is 25.1 Å². The van der Waals surface area contributed by atoms with Crippen LogP contribution in [0.5, 0.6) is 0 Å². The Morgan fingerprint density at radius 3 is 2.88 bits per heavy atom. The lowest BCUT2D eigenvalue weighted by molar-refractivity contribution is 1.03. The number of para-hydroxylation sites is 1. The molecule has 1 aromatic carbocycles. The number of benzene rings is 1. The summed E-state index contributed by atoms with van der Waals surface area (Å²) in [6.07, 6.45) is 3.54. The molecule has 82 valence electrons.